The molecule has 0 saturated carbocycles. The number of aromatic nitrogens is 2. The first-order valence-electron chi connectivity index (χ1n) is 6.12. The third-order valence-corrected chi connectivity index (χ3v) is 3.54. The summed E-state index contributed by atoms with van der Waals surface area (Å²) in [6, 6.07) is 7.86. The smallest absolute Gasteiger partial charge is 0.166 e. The van der Waals surface area contributed by atoms with Gasteiger partial charge in [-0.3, -0.25) is 0 Å². The van der Waals surface area contributed by atoms with Gasteiger partial charge in [-0.2, -0.15) is 0 Å². The quantitative estimate of drug-likeness (QED) is 0.569. The lowest BCUT2D eigenvalue weighted by Crippen LogP contribution is -2.19. The third-order valence-electron chi connectivity index (χ3n) is 2.52. The number of hydrogen-bond donors (Lipinski definition) is 2. The molecule has 0 aliphatic rings. The molecule has 1 unspecified atom stereocenters. The van der Waals surface area contributed by atoms with Crippen molar-refractivity contribution in [3.05, 3.63) is 24.3 Å². The maximum absolute atomic E-state index is 9.76. The lowest BCUT2D eigenvalue weighted by atomic mass is 10.3. The second-order valence-corrected chi connectivity index (χ2v) is 5.10. The minimum absolute atomic E-state index is 0.316. The second kappa shape index (κ2) is 7.49. The highest BCUT2D eigenvalue weighted by atomic mass is 32.2. The number of aromatic amines is 1. The molecule has 0 spiro atoms. The van der Waals surface area contributed by atoms with E-state index in [0.717, 1.165) is 16.2 Å². The van der Waals surface area contributed by atoms with E-state index in [4.69, 9.17) is 9.47 Å². The molecular formula is C13H18N2O3S. The number of fused-ring (bicyclic) bond motifs is 1. The molecule has 19 heavy (non-hydrogen) atoms. The van der Waals surface area contributed by atoms with E-state index >= 15 is 0 Å². The molecule has 6 heteroatoms. The number of ether oxygens (including phenoxy) is 2. The Morgan fingerprint density at radius 3 is 3.00 bits per heavy atom. The normalized spacial score (nSPS) is 12.9. The molecule has 1 aromatic heterocycles. The zero-order valence-electron chi connectivity index (χ0n) is 10.8. The minimum Gasteiger partial charge on any atom is -0.390 e. The van der Waals surface area contributed by atoms with E-state index in [1.165, 1.54) is 11.8 Å². The monoisotopic (exact) mass is 282 g/mol. The lowest BCUT2D eigenvalue weighted by molar-refractivity contribution is 0.0218. The molecule has 5 nitrogen and oxygen atoms in total. The maximum atomic E-state index is 9.76. The Hall–Kier alpha value is -1.08. The summed E-state index contributed by atoms with van der Waals surface area (Å²) in [5, 5.41) is 10.6. The van der Waals surface area contributed by atoms with Crippen LogP contribution in [0, 0.1) is 0 Å². The van der Waals surface area contributed by atoms with Gasteiger partial charge in [0.15, 0.2) is 5.16 Å². The summed E-state index contributed by atoms with van der Waals surface area (Å²) in [6.45, 7) is 1.36. The van der Waals surface area contributed by atoms with E-state index in [-0.39, 0.29) is 0 Å². The summed E-state index contributed by atoms with van der Waals surface area (Å²) < 4.78 is 10.1. The summed E-state index contributed by atoms with van der Waals surface area (Å²) in [6.07, 6.45) is -0.505. The van der Waals surface area contributed by atoms with Crippen molar-refractivity contribution in [3.63, 3.8) is 0 Å². The van der Waals surface area contributed by atoms with Gasteiger partial charge in [-0.1, -0.05) is 23.9 Å². The van der Waals surface area contributed by atoms with Gasteiger partial charge in [-0.25, -0.2) is 4.98 Å². The Labute approximate surface area is 116 Å². The van der Waals surface area contributed by atoms with Gasteiger partial charge in [-0.05, 0) is 12.1 Å². The third kappa shape index (κ3) is 4.50. The number of H-pyrrole nitrogens is 1. The molecule has 1 heterocycles. The zero-order chi connectivity index (χ0) is 13.5. The predicted octanol–water partition coefficient (Wildman–Crippen LogP) is 1.68. The van der Waals surface area contributed by atoms with Crippen molar-refractivity contribution in [2.24, 2.45) is 0 Å². The molecule has 1 atom stereocenters. The zero-order valence-corrected chi connectivity index (χ0v) is 11.7. The van der Waals surface area contributed by atoms with Gasteiger partial charge < -0.3 is 19.6 Å². The van der Waals surface area contributed by atoms with Crippen LogP contribution >= 0.6 is 11.8 Å². The van der Waals surface area contributed by atoms with E-state index in [1.807, 2.05) is 24.3 Å². The van der Waals surface area contributed by atoms with Gasteiger partial charge in [0.1, 0.15) is 0 Å². The van der Waals surface area contributed by atoms with Gasteiger partial charge in [0.2, 0.25) is 0 Å². The number of imidazole rings is 1. The predicted molar refractivity (Wildman–Crippen MR) is 75.5 cm³/mol. The summed E-state index contributed by atoms with van der Waals surface area (Å²) in [5.41, 5.74) is 1.95. The fraction of sp³-hybridized carbons (Fsp3) is 0.462. The Morgan fingerprint density at radius 1 is 1.37 bits per heavy atom. The van der Waals surface area contributed by atoms with Gasteiger partial charge in [-0.15, -0.1) is 0 Å². The Kier molecular flexibility index (Phi) is 5.65. The number of para-hydroxylation sites is 2. The van der Waals surface area contributed by atoms with Crippen LogP contribution in [0.5, 0.6) is 0 Å². The van der Waals surface area contributed by atoms with E-state index in [0.29, 0.717) is 25.6 Å². The first-order chi connectivity index (χ1) is 9.29. The molecule has 0 amide bonds. The standard InChI is InChI=1S/C13H18N2O3S/c1-17-6-7-18-8-10(16)9-19-13-14-11-4-2-3-5-12(11)15-13/h2-5,10,16H,6-9H2,1H3,(H,14,15). The lowest BCUT2D eigenvalue weighted by Gasteiger charge is -2.09. The molecule has 2 rings (SSSR count). The number of nitrogens with zero attached hydrogens (tertiary/aromatic N) is 1. The molecule has 0 radical (unpaired) electrons. The van der Waals surface area contributed by atoms with E-state index in [9.17, 15) is 5.11 Å². The summed E-state index contributed by atoms with van der Waals surface area (Å²) >= 11 is 1.49. The van der Waals surface area contributed by atoms with Crippen LogP contribution in [0.3, 0.4) is 0 Å². The molecule has 0 aliphatic carbocycles. The highest BCUT2D eigenvalue weighted by molar-refractivity contribution is 7.99. The number of hydrogen-bond acceptors (Lipinski definition) is 5. The molecular weight excluding hydrogens is 264 g/mol. The highest BCUT2D eigenvalue weighted by Gasteiger charge is 2.08. The first kappa shape index (κ1) is 14.3. The molecule has 1 aromatic carbocycles. The number of aliphatic hydroxyl groups excluding tert-OH is 1. The van der Waals surface area contributed by atoms with Gasteiger partial charge in [0.25, 0.3) is 0 Å². The number of methoxy groups -OCH3 is 1. The van der Waals surface area contributed by atoms with E-state index in [2.05, 4.69) is 9.97 Å². The molecule has 0 aliphatic heterocycles. The summed E-state index contributed by atoms with van der Waals surface area (Å²) in [4.78, 5) is 7.64. The molecule has 0 fully saturated rings. The fourth-order valence-corrected chi connectivity index (χ4v) is 2.37. The van der Waals surface area contributed by atoms with Crippen molar-refractivity contribution in [2.45, 2.75) is 11.3 Å². The van der Waals surface area contributed by atoms with Crippen LogP contribution in [0.25, 0.3) is 11.0 Å². The van der Waals surface area contributed by atoms with Crippen LogP contribution in [0.15, 0.2) is 29.4 Å². The van der Waals surface area contributed by atoms with Crippen molar-refractivity contribution in [1.82, 2.24) is 9.97 Å². The summed E-state index contributed by atoms with van der Waals surface area (Å²) in [5.74, 6) is 0.548. The van der Waals surface area contributed by atoms with Crippen LogP contribution < -0.4 is 0 Å². The van der Waals surface area contributed by atoms with E-state index in [1.54, 1.807) is 7.11 Å². The first-order valence-corrected chi connectivity index (χ1v) is 7.10. The second-order valence-electron chi connectivity index (χ2n) is 4.09. The van der Waals surface area contributed by atoms with Gasteiger partial charge >= 0.3 is 0 Å². The minimum atomic E-state index is -0.505. The fourth-order valence-electron chi connectivity index (χ4n) is 1.58. The highest BCUT2D eigenvalue weighted by Crippen LogP contribution is 2.19. The van der Waals surface area contributed by atoms with Crippen LogP contribution in [-0.2, 0) is 9.47 Å². The number of thioether (sulfide) groups is 1. The van der Waals surface area contributed by atoms with Crippen molar-refractivity contribution >= 4 is 22.8 Å². The van der Waals surface area contributed by atoms with Crippen molar-refractivity contribution in [1.29, 1.82) is 0 Å². The maximum Gasteiger partial charge on any atom is 0.166 e. The van der Waals surface area contributed by atoms with Crippen LogP contribution in [-0.4, -0.2) is 53.9 Å². The number of benzene rings is 1. The van der Waals surface area contributed by atoms with Gasteiger partial charge in [0, 0.05) is 12.9 Å². The summed E-state index contributed by atoms with van der Waals surface area (Å²) in [7, 11) is 1.62. The van der Waals surface area contributed by atoms with Crippen LogP contribution in [0.4, 0.5) is 0 Å². The SMILES string of the molecule is COCCOCC(O)CSc1nc2ccccc2[nH]1. The van der Waals surface area contributed by atoms with Crippen molar-refractivity contribution < 1.29 is 14.6 Å². The van der Waals surface area contributed by atoms with Crippen LogP contribution in [0.2, 0.25) is 0 Å². The van der Waals surface area contributed by atoms with E-state index < -0.39 is 6.10 Å². The number of nitrogens with one attached hydrogen (secondary N) is 1. The van der Waals surface area contributed by atoms with Crippen molar-refractivity contribution in [2.75, 3.05) is 32.7 Å². The number of aliphatic hydroxyl groups is 1. The van der Waals surface area contributed by atoms with Crippen LogP contribution in [0.1, 0.15) is 0 Å². The number of rotatable bonds is 8. The topological polar surface area (TPSA) is 67.4 Å². The largest absolute Gasteiger partial charge is 0.390 e. The average molecular weight is 282 g/mol. The molecule has 2 N–H and O–H groups in total. The Morgan fingerprint density at radius 2 is 2.21 bits per heavy atom. The Bertz CT molecular complexity index is 470. The molecule has 0 bridgehead atoms. The van der Waals surface area contributed by atoms with Crippen molar-refractivity contribution in [3.8, 4) is 0 Å². The van der Waals surface area contributed by atoms with Gasteiger partial charge in [0.05, 0.1) is 37.0 Å². The Balaban J connectivity index is 1.75. The molecule has 2 aromatic rings. The average Bonchev–Trinajstić information content (AvgIpc) is 2.84. The molecule has 104 valence electrons. The molecule has 0 saturated heterocycles.